The quantitative estimate of drug-likeness (QED) is 0.789. The van der Waals surface area contributed by atoms with Gasteiger partial charge in [0.05, 0.1) is 16.5 Å². The number of sulfonamides is 1. The minimum absolute atomic E-state index is 0.0996. The molecule has 0 N–H and O–H groups in total. The summed E-state index contributed by atoms with van der Waals surface area (Å²) in [5.74, 6) is 0.0996. The van der Waals surface area contributed by atoms with Crippen LogP contribution in [0.4, 0.5) is 5.69 Å². The molecule has 0 bridgehead atoms. The Morgan fingerprint density at radius 3 is 2.61 bits per heavy atom. The van der Waals surface area contributed by atoms with E-state index >= 15 is 0 Å². The molecule has 0 spiro atoms. The maximum atomic E-state index is 12.0. The molecule has 0 unspecified atom stereocenters. The van der Waals surface area contributed by atoms with Crippen molar-refractivity contribution in [2.24, 2.45) is 0 Å². The van der Waals surface area contributed by atoms with Crippen molar-refractivity contribution in [3.8, 4) is 0 Å². The Balaban J connectivity index is 2.49. The van der Waals surface area contributed by atoms with E-state index in [4.69, 9.17) is 23.2 Å². The zero-order chi connectivity index (χ0) is 13.3. The topological polar surface area (TPSA) is 54.5 Å². The first-order valence-corrected chi connectivity index (χ1v) is 7.78. The zero-order valence-electron chi connectivity index (χ0n) is 9.40. The second-order valence-corrected chi connectivity index (χ2v) is 6.80. The molecule has 0 amide bonds. The van der Waals surface area contributed by atoms with Crippen LogP contribution in [-0.4, -0.2) is 26.0 Å². The van der Waals surface area contributed by atoms with Gasteiger partial charge in [0, 0.05) is 12.1 Å². The molecule has 1 aromatic carbocycles. The lowest BCUT2D eigenvalue weighted by Crippen LogP contribution is -2.38. The standard InChI is InChI=1S/C11H11Cl2NO3S/c12-9-4-3-8(11(13)15)7-10(9)14-5-1-2-6-18(14,16)17/h3-4,7H,1-2,5-6H2. The second kappa shape index (κ2) is 5.07. The van der Waals surface area contributed by atoms with E-state index in [0.29, 0.717) is 23.7 Å². The molecule has 0 aromatic heterocycles. The van der Waals surface area contributed by atoms with Crippen molar-refractivity contribution in [1.29, 1.82) is 0 Å². The summed E-state index contributed by atoms with van der Waals surface area (Å²) < 4.78 is 25.2. The average molecular weight is 308 g/mol. The Morgan fingerprint density at radius 2 is 2.00 bits per heavy atom. The predicted octanol–water partition coefficient (Wildman–Crippen LogP) is 2.65. The SMILES string of the molecule is O=C(Cl)c1ccc(Cl)c(N2CCCCS2(=O)=O)c1. The summed E-state index contributed by atoms with van der Waals surface area (Å²) in [5, 5.41) is -0.343. The van der Waals surface area contributed by atoms with Gasteiger partial charge in [-0.2, -0.15) is 0 Å². The highest BCUT2D eigenvalue weighted by molar-refractivity contribution is 7.92. The maximum absolute atomic E-state index is 12.0. The Hall–Kier alpha value is -0.780. The number of hydrogen-bond acceptors (Lipinski definition) is 3. The molecule has 1 saturated heterocycles. The summed E-state index contributed by atoms with van der Waals surface area (Å²) in [4.78, 5) is 11.1. The fraction of sp³-hybridized carbons (Fsp3) is 0.364. The number of halogens is 2. The summed E-state index contributed by atoms with van der Waals surface area (Å²) in [6.45, 7) is 0.377. The van der Waals surface area contributed by atoms with Gasteiger partial charge in [-0.25, -0.2) is 8.42 Å². The number of benzene rings is 1. The molecule has 0 aliphatic carbocycles. The largest absolute Gasteiger partial charge is 0.276 e. The van der Waals surface area contributed by atoms with Gasteiger partial charge in [-0.3, -0.25) is 9.10 Å². The first kappa shape index (κ1) is 13.6. The molecule has 2 rings (SSSR count). The molecule has 18 heavy (non-hydrogen) atoms. The van der Waals surface area contributed by atoms with Gasteiger partial charge in [-0.1, -0.05) is 11.6 Å². The molecule has 0 atom stereocenters. The van der Waals surface area contributed by atoms with Gasteiger partial charge in [0.2, 0.25) is 10.0 Å². The molecule has 7 heteroatoms. The maximum Gasteiger partial charge on any atom is 0.252 e. The fourth-order valence-electron chi connectivity index (χ4n) is 1.89. The lowest BCUT2D eigenvalue weighted by molar-refractivity contribution is 0.108. The van der Waals surface area contributed by atoms with E-state index in [9.17, 15) is 13.2 Å². The van der Waals surface area contributed by atoms with Crippen LogP contribution in [0.25, 0.3) is 0 Å². The Morgan fingerprint density at radius 1 is 1.28 bits per heavy atom. The first-order valence-electron chi connectivity index (χ1n) is 5.41. The highest BCUT2D eigenvalue weighted by atomic mass is 35.5. The molecule has 0 radical (unpaired) electrons. The van der Waals surface area contributed by atoms with Crippen LogP contribution in [0.1, 0.15) is 23.2 Å². The number of carbonyl (C=O) groups excluding carboxylic acids is 1. The third-order valence-electron chi connectivity index (χ3n) is 2.79. The third kappa shape index (κ3) is 2.63. The van der Waals surface area contributed by atoms with Gasteiger partial charge in [0.25, 0.3) is 5.24 Å². The Kier molecular flexibility index (Phi) is 3.84. The summed E-state index contributed by atoms with van der Waals surface area (Å²) in [6.07, 6.45) is 1.42. The normalized spacial score (nSPS) is 18.7. The summed E-state index contributed by atoms with van der Waals surface area (Å²) in [6, 6.07) is 4.37. The van der Waals surface area contributed by atoms with Gasteiger partial charge >= 0.3 is 0 Å². The van der Waals surface area contributed by atoms with Gasteiger partial charge in [0.1, 0.15) is 0 Å². The summed E-state index contributed by atoms with van der Waals surface area (Å²) in [5.41, 5.74) is 0.555. The smallest absolute Gasteiger partial charge is 0.252 e. The number of rotatable bonds is 2. The molecular weight excluding hydrogens is 297 g/mol. The second-order valence-electron chi connectivity index (χ2n) is 4.04. The van der Waals surface area contributed by atoms with Crippen molar-refractivity contribution < 1.29 is 13.2 Å². The molecule has 1 aliphatic heterocycles. The number of anilines is 1. The highest BCUT2D eigenvalue weighted by Gasteiger charge is 2.28. The van der Waals surface area contributed by atoms with Crippen LogP contribution >= 0.6 is 23.2 Å². The van der Waals surface area contributed by atoms with E-state index < -0.39 is 15.3 Å². The predicted molar refractivity (Wildman–Crippen MR) is 72.0 cm³/mol. The van der Waals surface area contributed by atoms with E-state index in [-0.39, 0.29) is 11.3 Å². The lowest BCUT2D eigenvalue weighted by atomic mass is 10.2. The van der Waals surface area contributed by atoms with E-state index in [1.165, 1.54) is 22.5 Å². The minimum Gasteiger partial charge on any atom is -0.276 e. The lowest BCUT2D eigenvalue weighted by Gasteiger charge is -2.29. The minimum atomic E-state index is -3.35. The van der Waals surface area contributed by atoms with E-state index in [1.807, 2.05) is 0 Å². The molecule has 4 nitrogen and oxygen atoms in total. The van der Waals surface area contributed by atoms with Crippen molar-refractivity contribution in [2.75, 3.05) is 16.6 Å². The summed E-state index contributed by atoms with van der Waals surface area (Å²) in [7, 11) is -3.35. The van der Waals surface area contributed by atoms with Crippen LogP contribution in [-0.2, 0) is 10.0 Å². The fourth-order valence-corrected chi connectivity index (χ4v) is 3.92. The van der Waals surface area contributed by atoms with Crippen molar-refractivity contribution in [2.45, 2.75) is 12.8 Å². The average Bonchev–Trinajstić information content (AvgIpc) is 2.29. The molecule has 98 valence electrons. The highest BCUT2D eigenvalue weighted by Crippen LogP contribution is 2.31. The van der Waals surface area contributed by atoms with Crippen molar-refractivity contribution in [3.05, 3.63) is 28.8 Å². The molecule has 1 heterocycles. The van der Waals surface area contributed by atoms with Gasteiger partial charge < -0.3 is 0 Å². The summed E-state index contributed by atoms with van der Waals surface area (Å²) >= 11 is 11.4. The van der Waals surface area contributed by atoms with Crippen LogP contribution < -0.4 is 4.31 Å². The van der Waals surface area contributed by atoms with Crippen LogP contribution in [0.5, 0.6) is 0 Å². The molecule has 1 aliphatic rings. The van der Waals surface area contributed by atoms with E-state index in [1.54, 1.807) is 0 Å². The van der Waals surface area contributed by atoms with Crippen molar-refractivity contribution in [1.82, 2.24) is 0 Å². The van der Waals surface area contributed by atoms with Crippen LogP contribution in [0.2, 0.25) is 5.02 Å². The van der Waals surface area contributed by atoms with Crippen LogP contribution in [0.15, 0.2) is 18.2 Å². The van der Waals surface area contributed by atoms with Gasteiger partial charge in [0.15, 0.2) is 0 Å². The van der Waals surface area contributed by atoms with E-state index in [0.717, 1.165) is 6.42 Å². The number of carbonyl (C=O) groups is 1. The van der Waals surface area contributed by atoms with Crippen LogP contribution in [0, 0.1) is 0 Å². The van der Waals surface area contributed by atoms with Crippen molar-refractivity contribution in [3.63, 3.8) is 0 Å². The van der Waals surface area contributed by atoms with Crippen molar-refractivity contribution >= 4 is 44.2 Å². The molecular formula is C11H11Cl2NO3S. The number of hydrogen-bond donors (Lipinski definition) is 0. The number of nitrogens with zero attached hydrogens (tertiary/aromatic N) is 1. The van der Waals surface area contributed by atoms with Gasteiger partial charge in [-0.15, -0.1) is 0 Å². The molecule has 1 aromatic rings. The van der Waals surface area contributed by atoms with Crippen LogP contribution in [0.3, 0.4) is 0 Å². The van der Waals surface area contributed by atoms with E-state index in [2.05, 4.69) is 0 Å². The van der Waals surface area contributed by atoms with Gasteiger partial charge in [-0.05, 0) is 42.6 Å². The first-order chi connectivity index (χ1) is 8.42. The zero-order valence-corrected chi connectivity index (χ0v) is 11.7. The molecule has 1 fully saturated rings. The Labute approximate surface area is 116 Å². The monoisotopic (exact) mass is 307 g/mol. The Bertz CT molecular complexity index is 586. The third-order valence-corrected chi connectivity index (χ3v) is 5.18. The molecule has 0 saturated carbocycles.